The molecule has 4 heteroatoms. The Morgan fingerprint density at radius 1 is 1.29 bits per heavy atom. The lowest BCUT2D eigenvalue weighted by Gasteiger charge is -2.38. The van der Waals surface area contributed by atoms with Gasteiger partial charge in [0.25, 0.3) is 0 Å². The van der Waals surface area contributed by atoms with E-state index in [4.69, 9.17) is 9.47 Å². The number of ether oxygens (including phenoxy) is 2. The first kappa shape index (κ1) is 11.7. The highest BCUT2D eigenvalue weighted by molar-refractivity contribution is 5.13. The van der Waals surface area contributed by atoms with Crippen LogP contribution in [-0.2, 0) is 9.47 Å². The maximum Gasteiger partial charge on any atom is 0.163 e. The SMILES string of the molecule is C=CCC1(O)CC2NC(C1)C1OC(C)(C)OC21. The quantitative estimate of drug-likeness (QED) is 0.704. The zero-order valence-electron chi connectivity index (χ0n) is 10.5. The lowest BCUT2D eigenvalue weighted by molar-refractivity contribution is -0.166. The zero-order valence-corrected chi connectivity index (χ0v) is 10.5. The molecule has 0 aromatic carbocycles. The van der Waals surface area contributed by atoms with E-state index in [2.05, 4.69) is 11.9 Å². The molecule has 2 N–H and O–H groups in total. The van der Waals surface area contributed by atoms with E-state index >= 15 is 0 Å². The Labute approximate surface area is 102 Å². The number of fused-ring (bicyclic) bond motifs is 5. The van der Waals surface area contributed by atoms with Crippen molar-refractivity contribution in [3.05, 3.63) is 12.7 Å². The molecule has 17 heavy (non-hydrogen) atoms. The molecule has 2 bridgehead atoms. The number of hydrogen-bond donors (Lipinski definition) is 2. The molecule has 3 rings (SSSR count). The van der Waals surface area contributed by atoms with Crippen LogP contribution in [0.4, 0.5) is 0 Å². The van der Waals surface area contributed by atoms with E-state index in [1.54, 1.807) is 6.08 Å². The van der Waals surface area contributed by atoms with Crippen LogP contribution in [0.15, 0.2) is 12.7 Å². The normalized spacial score (nSPS) is 51.2. The monoisotopic (exact) mass is 239 g/mol. The third-order valence-electron chi connectivity index (χ3n) is 4.11. The maximum atomic E-state index is 10.5. The highest BCUT2D eigenvalue weighted by Crippen LogP contribution is 2.44. The highest BCUT2D eigenvalue weighted by atomic mass is 16.8. The van der Waals surface area contributed by atoms with Gasteiger partial charge in [0, 0.05) is 12.1 Å². The van der Waals surface area contributed by atoms with Gasteiger partial charge in [-0.15, -0.1) is 6.58 Å². The van der Waals surface area contributed by atoms with E-state index in [-0.39, 0.29) is 24.3 Å². The summed E-state index contributed by atoms with van der Waals surface area (Å²) in [6, 6.07) is 0.399. The second kappa shape index (κ2) is 3.54. The van der Waals surface area contributed by atoms with Crippen LogP contribution in [0.2, 0.25) is 0 Å². The second-order valence-electron chi connectivity index (χ2n) is 6.07. The summed E-state index contributed by atoms with van der Waals surface area (Å²) in [5, 5.41) is 14.0. The first-order valence-electron chi connectivity index (χ1n) is 6.37. The van der Waals surface area contributed by atoms with Crippen molar-refractivity contribution < 1.29 is 14.6 Å². The Balaban J connectivity index is 1.80. The Morgan fingerprint density at radius 3 is 2.29 bits per heavy atom. The van der Waals surface area contributed by atoms with Crippen LogP contribution in [0.3, 0.4) is 0 Å². The van der Waals surface area contributed by atoms with Gasteiger partial charge in [-0.05, 0) is 33.1 Å². The summed E-state index contributed by atoms with van der Waals surface area (Å²) in [6.45, 7) is 7.63. The minimum Gasteiger partial charge on any atom is -0.389 e. The van der Waals surface area contributed by atoms with Crippen LogP contribution in [0.5, 0.6) is 0 Å². The predicted octanol–water partition coefficient (Wildman–Crippen LogP) is 0.948. The minimum absolute atomic E-state index is 0.0776. The fourth-order valence-corrected chi connectivity index (χ4v) is 3.59. The van der Waals surface area contributed by atoms with E-state index in [0.717, 1.165) is 12.8 Å². The molecule has 0 spiro atoms. The highest BCUT2D eigenvalue weighted by Gasteiger charge is 2.59. The van der Waals surface area contributed by atoms with Crippen LogP contribution in [0.25, 0.3) is 0 Å². The molecule has 4 atom stereocenters. The van der Waals surface area contributed by atoms with Gasteiger partial charge in [0.1, 0.15) is 12.2 Å². The molecule has 3 heterocycles. The predicted molar refractivity (Wildman–Crippen MR) is 63.5 cm³/mol. The van der Waals surface area contributed by atoms with Crippen molar-refractivity contribution in [2.45, 2.75) is 68.8 Å². The van der Waals surface area contributed by atoms with E-state index in [0.29, 0.717) is 6.42 Å². The van der Waals surface area contributed by atoms with Crippen LogP contribution in [0.1, 0.15) is 33.1 Å². The molecule has 3 aliphatic heterocycles. The van der Waals surface area contributed by atoms with Crippen molar-refractivity contribution in [3.8, 4) is 0 Å². The summed E-state index contributed by atoms with van der Waals surface area (Å²) in [6.07, 6.45) is 4.03. The minimum atomic E-state index is -0.635. The Bertz CT molecular complexity index is 320. The van der Waals surface area contributed by atoms with E-state index in [1.807, 2.05) is 13.8 Å². The lowest BCUT2D eigenvalue weighted by Crippen LogP contribution is -2.52. The summed E-state index contributed by atoms with van der Waals surface area (Å²) < 4.78 is 11.9. The van der Waals surface area contributed by atoms with Gasteiger partial charge in [-0.25, -0.2) is 0 Å². The van der Waals surface area contributed by atoms with Gasteiger partial charge in [0.2, 0.25) is 0 Å². The molecular formula is C13H21NO3. The average molecular weight is 239 g/mol. The molecule has 0 saturated carbocycles. The van der Waals surface area contributed by atoms with Gasteiger partial charge >= 0.3 is 0 Å². The summed E-state index contributed by atoms with van der Waals surface area (Å²) >= 11 is 0. The largest absolute Gasteiger partial charge is 0.389 e. The fourth-order valence-electron chi connectivity index (χ4n) is 3.59. The number of hydrogen-bond acceptors (Lipinski definition) is 4. The third-order valence-corrected chi connectivity index (χ3v) is 4.11. The van der Waals surface area contributed by atoms with Gasteiger partial charge < -0.3 is 19.9 Å². The van der Waals surface area contributed by atoms with Crippen molar-refractivity contribution in [1.82, 2.24) is 5.32 Å². The third kappa shape index (κ3) is 1.83. The van der Waals surface area contributed by atoms with Gasteiger partial charge in [-0.1, -0.05) is 6.08 Å². The summed E-state index contributed by atoms with van der Waals surface area (Å²) in [7, 11) is 0. The molecule has 3 aliphatic rings. The number of aliphatic hydroxyl groups is 1. The van der Waals surface area contributed by atoms with E-state index in [1.165, 1.54) is 0 Å². The number of rotatable bonds is 2. The van der Waals surface area contributed by atoms with E-state index < -0.39 is 11.4 Å². The Kier molecular flexibility index (Phi) is 2.43. The molecule has 3 saturated heterocycles. The Morgan fingerprint density at radius 2 is 1.82 bits per heavy atom. The fraction of sp³-hybridized carbons (Fsp3) is 0.846. The van der Waals surface area contributed by atoms with Crippen molar-refractivity contribution >= 4 is 0 Å². The van der Waals surface area contributed by atoms with Gasteiger partial charge in [-0.2, -0.15) is 0 Å². The molecule has 0 aromatic rings. The van der Waals surface area contributed by atoms with Crippen molar-refractivity contribution in [2.24, 2.45) is 0 Å². The first-order chi connectivity index (χ1) is 7.92. The van der Waals surface area contributed by atoms with Crippen molar-refractivity contribution in [3.63, 3.8) is 0 Å². The standard InChI is InChI=1S/C13H21NO3/c1-4-5-13(15)6-8-10-11(9(7-13)14-8)17-12(2,3)16-10/h4,8-11,14-15H,1,5-7H2,2-3H3. The molecule has 0 aliphatic carbocycles. The van der Waals surface area contributed by atoms with Gasteiger partial charge in [0.05, 0.1) is 5.60 Å². The molecule has 3 fully saturated rings. The molecule has 4 nitrogen and oxygen atoms in total. The number of nitrogens with one attached hydrogen (secondary N) is 1. The van der Waals surface area contributed by atoms with Crippen LogP contribution >= 0.6 is 0 Å². The average Bonchev–Trinajstić information content (AvgIpc) is 2.63. The number of piperidine rings is 1. The van der Waals surface area contributed by atoms with Gasteiger partial charge in [-0.3, -0.25) is 0 Å². The molecule has 0 amide bonds. The smallest absolute Gasteiger partial charge is 0.163 e. The molecule has 0 aromatic heterocycles. The molecular weight excluding hydrogens is 218 g/mol. The van der Waals surface area contributed by atoms with Crippen molar-refractivity contribution in [2.75, 3.05) is 0 Å². The van der Waals surface area contributed by atoms with Gasteiger partial charge in [0.15, 0.2) is 5.79 Å². The summed E-state index contributed by atoms with van der Waals surface area (Å²) in [5.41, 5.74) is -0.635. The van der Waals surface area contributed by atoms with Crippen LogP contribution < -0.4 is 5.32 Å². The summed E-state index contributed by atoms with van der Waals surface area (Å²) in [4.78, 5) is 0. The molecule has 96 valence electrons. The molecule has 4 unspecified atom stereocenters. The van der Waals surface area contributed by atoms with Crippen LogP contribution in [-0.4, -0.2) is 40.8 Å². The lowest BCUT2D eigenvalue weighted by atomic mass is 9.84. The Hall–Kier alpha value is -0.420. The van der Waals surface area contributed by atoms with Crippen molar-refractivity contribution in [1.29, 1.82) is 0 Å². The topological polar surface area (TPSA) is 50.7 Å². The van der Waals surface area contributed by atoms with E-state index in [9.17, 15) is 5.11 Å². The first-order valence-corrected chi connectivity index (χ1v) is 6.37. The molecule has 0 radical (unpaired) electrons. The zero-order chi connectivity index (χ0) is 12.3. The maximum absolute atomic E-state index is 10.5. The summed E-state index contributed by atoms with van der Waals surface area (Å²) in [5.74, 6) is -0.484. The van der Waals surface area contributed by atoms with Crippen LogP contribution in [0, 0.1) is 0 Å². The second-order valence-corrected chi connectivity index (χ2v) is 6.07.